The number of amides is 1. The van der Waals surface area contributed by atoms with Crippen LogP contribution in [0.4, 0.5) is 0 Å². The van der Waals surface area contributed by atoms with Crippen molar-refractivity contribution in [1.29, 1.82) is 0 Å². The number of carbonyl (C=O) groups excluding carboxylic acids is 1. The first kappa shape index (κ1) is 17.7. The van der Waals surface area contributed by atoms with Gasteiger partial charge in [-0.25, -0.2) is 8.42 Å². The Kier molecular flexibility index (Phi) is 6.65. The Morgan fingerprint density at radius 1 is 1.18 bits per heavy atom. The summed E-state index contributed by atoms with van der Waals surface area (Å²) in [7, 11) is -3.58. The number of hydrogen-bond donors (Lipinski definition) is 1. The molecule has 2 fully saturated rings. The number of carbonyl (C=O) groups is 1. The van der Waals surface area contributed by atoms with Crippen molar-refractivity contribution < 1.29 is 22.7 Å². The van der Waals surface area contributed by atoms with Gasteiger partial charge in [-0.3, -0.25) is 9.52 Å². The third kappa shape index (κ3) is 5.21. The van der Waals surface area contributed by atoms with Gasteiger partial charge in [-0.05, 0) is 39.0 Å². The summed E-state index contributed by atoms with van der Waals surface area (Å²) in [5.74, 6) is -0.582. The molecule has 1 heterocycles. The highest BCUT2D eigenvalue weighted by Crippen LogP contribution is 2.23. The van der Waals surface area contributed by atoms with Crippen molar-refractivity contribution in [2.24, 2.45) is 0 Å². The Morgan fingerprint density at radius 3 is 2.50 bits per heavy atom. The van der Waals surface area contributed by atoms with Gasteiger partial charge in [0.2, 0.25) is 10.0 Å². The summed E-state index contributed by atoms with van der Waals surface area (Å²) in [5.41, 5.74) is 0. The average Bonchev–Trinajstić information content (AvgIpc) is 2.54. The highest BCUT2D eigenvalue weighted by Gasteiger charge is 2.30. The van der Waals surface area contributed by atoms with Crippen LogP contribution >= 0.6 is 0 Å². The zero-order valence-corrected chi connectivity index (χ0v) is 14.1. The molecule has 1 N–H and O–H groups in total. The Balaban J connectivity index is 1.77. The molecule has 0 aromatic heterocycles. The third-order valence-corrected chi connectivity index (χ3v) is 6.24. The molecule has 2 aliphatic rings. The van der Waals surface area contributed by atoms with E-state index in [1.807, 2.05) is 0 Å². The lowest BCUT2D eigenvalue weighted by Crippen LogP contribution is -2.44. The van der Waals surface area contributed by atoms with Crippen LogP contribution in [-0.2, 0) is 24.3 Å². The molecule has 1 aliphatic heterocycles. The van der Waals surface area contributed by atoms with Gasteiger partial charge in [0.15, 0.2) is 0 Å². The van der Waals surface area contributed by atoms with Crippen LogP contribution in [0.3, 0.4) is 0 Å². The minimum Gasteiger partial charge on any atom is -0.376 e. The van der Waals surface area contributed by atoms with E-state index in [0.717, 1.165) is 45.1 Å². The second-order valence-corrected chi connectivity index (χ2v) is 8.20. The topological polar surface area (TPSA) is 81.7 Å². The molecule has 0 spiro atoms. The molecule has 2 atom stereocenters. The molecule has 0 radical (unpaired) electrons. The molecule has 6 nitrogen and oxygen atoms in total. The third-order valence-electron chi connectivity index (χ3n) is 4.41. The van der Waals surface area contributed by atoms with E-state index >= 15 is 0 Å². The summed E-state index contributed by atoms with van der Waals surface area (Å²) in [4.78, 5) is 12.0. The van der Waals surface area contributed by atoms with Gasteiger partial charge in [0.1, 0.15) is 6.10 Å². The predicted octanol–water partition coefficient (Wildman–Crippen LogP) is 1.74. The Labute approximate surface area is 133 Å². The average molecular weight is 333 g/mol. The minimum atomic E-state index is -3.58. The first-order chi connectivity index (χ1) is 10.5. The molecule has 7 heteroatoms. The number of rotatable bonds is 6. The van der Waals surface area contributed by atoms with Gasteiger partial charge in [0.25, 0.3) is 5.91 Å². The monoisotopic (exact) mass is 333 g/mol. The van der Waals surface area contributed by atoms with Gasteiger partial charge < -0.3 is 9.47 Å². The van der Waals surface area contributed by atoms with E-state index in [1.165, 1.54) is 0 Å². The quantitative estimate of drug-likeness (QED) is 0.800. The number of sulfonamides is 1. The normalized spacial score (nSPS) is 25.6. The van der Waals surface area contributed by atoms with E-state index in [-0.39, 0.29) is 6.10 Å². The smallest absolute Gasteiger partial charge is 0.262 e. The van der Waals surface area contributed by atoms with Crippen LogP contribution in [0.1, 0.15) is 58.3 Å². The van der Waals surface area contributed by atoms with Crippen LogP contribution in [0, 0.1) is 0 Å². The van der Waals surface area contributed by atoms with Crippen molar-refractivity contribution in [2.45, 2.75) is 75.7 Å². The maximum atomic E-state index is 12.2. The van der Waals surface area contributed by atoms with E-state index < -0.39 is 27.3 Å². The molecule has 1 amide bonds. The van der Waals surface area contributed by atoms with Crippen molar-refractivity contribution in [3.8, 4) is 0 Å². The summed E-state index contributed by atoms with van der Waals surface area (Å²) in [6.45, 7) is 2.64. The number of hydrogen-bond acceptors (Lipinski definition) is 5. The van der Waals surface area contributed by atoms with Crippen molar-refractivity contribution >= 4 is 15.9 Å². The molecule has 0 unspecified atom stereocenters. The first-order valence-electron chi connectivity index (χ1n) is 8.28. The zero-order chi connectivity index (χ0) is 16.0. The second kappa shape index (κ2) is 8.26. The SMILES string of the molecule is C[C@H](OC[C@@H]1CCCCO1)C(=O)NS(=O)(=O)C1CCCCC1. The van der Waals surface area contributed by atoms with Crippen LogP contribution in [0.2, 0.25) is 0 Å². The molecular formula is C15H27NO5S. The highest BCUT2D eigenvalue weighted by atomic mass is 32.2. The minimum absolute atomic E-state index is 0.0129. The molecule has 128 valence electrons. The summed E-state index contributed by atoms with van der Waals surface area (Å²) < 4.78 is 37.6. The molecule has 2 rings (SSSR count). The summed E-state index contributed by atoms with van der Waals surface area (Å²) in [6, 6.07) is 0. The fraction of sp³-hybridized carbons (Fsp3) is 0.933. The van der Waals surface area contributed by atoms with E-state index in [2.05, 4.69) is 4.72 Å². The zero-order valence-electron chi connectivity index (χ0n) is 13.3. The summed E-state index contributed by atoms with van der Waals surface area (Å²) in [5, 5.41) is -0.445. The largest absolute Gasteiger partial charge is 0.376 e. The number of ether oxygens (including phenoxy) is 2. The lowest BCUT2D eigenvalue weighted by Gasteiger charge is -2.25. The van der Waals surface area contributed by atoms with Gasteiger partial charge in [-0.1, -0.05) is 19.3 Å². The fourth-order valence-corrected chi connectivity index (χ4v) is 4.52. The molecule has 1 aliphatic carbocycles. The molecule has 0 bridgehead atoms. The Bertz CT molecular complexity index is 453. The van der Waals surface area contributed by atoms with Crippen LogP contribution < -0.4 is 4.72 Å². The second-order valence-electron chi connectivity index (χ2n) is 6.24. The molecule has 1 saturated heterocycles. The fourth-order valence-electron chi connectivity index (χ4n) is 2.95. The van der Waals surface area contributed by atoms with Crippen LogP contribution in [0.25, 0.3) is 0 Å². The van der Waals surface area contributed by atoms with Gasteiger partial charge >= 0.3 is 0 Å². The Morgan fingerprint density at radius 2 is 1.86 bits per heavy atom. The maximum Gasteiger partial charge on any atom is 0.262 e. The van der Waals surface area contributed by atoms with E-state index in [0.29, 0.717) is 19.4 Å². The van der Waals surface area contributed by atoms with Gasteiger partial charge in [-0.2, -0.15) is 0 Å². The van der Waals surface area contributed by atoms with Crippen molar-refractivity contribution in [2.75, 3.05) is 13.2 Å². The standard InChI is InChI=1S/C15H27NO5S/c1-12(21-11-13-7-5-6-10-20-13)15(17)16-22(18,19)14-8-3-2-4-9-14/h12-14H,2-11H2,1H3,(H,16,17)/t12-,13-/m0/s1. The van der Waals surface area contributed by atoms with Gasteiger partial charge in [0.05, 0.1) is 18.0 Å². The maximum absolute atomic E-state index is 12.2. The number of nitrogens with one attached hydrogen (secondary N) is 1. The van der Waals surface area contributed by atoms with E-state index in [1.54, 1.807) is 6.92 Å². The predicted molar refractivity (Wildman–Crippen MR) is 82.9 cm³/mol. The van der Waals surface area contributed by atoms with Crippen LogP contribution in [0.15, 0.2) is 0 Å². The van der Waals surface area contributed by atoms with Gasteiger partial charge in [0, 0.05) is 6.61 Å². The molecule has 0 aromatic carbocycles. The van der Waals surface area contributed by atoms with Crippen LogP contribution in [-0.4, -0.2) is 45.0 Å². The summed E-state index contributed by atoms with van der Waals surface area (Å²) >= 11 is 0. The molecule has 1 saturated carbocycles. The Hall–Kier alpha value is -0.660. The first-order valence-corrected chi connectivity index (χ1v) is 9.82. The van der Waals surface area contributed by atoms with E-state index in [9.17, 15) is 13.2 Å². The van der Waals surface area contributed by atoms with Crippen molar-refractivity contribution in [3.63, 3.8) is 0 Å². The van der Waals surface area contributed by atoms with E-state index in [4.69, 9.17) is 9.47 Å². The highest BCUT2D eigenvalue weighted by molar-refractivity contribution is 7.90. The lowest BCUT2D eigenvalue weighted by molar-refractivity contribution is -0.133. The lowest BCUT2D eigenvalue weighted by atomic mass is 10.0. The molecular weight excluding hydrogens is 306 g/mol. The van der Waals surface area contributed by atoms with Crippen molar-refractivity contribution in [1.82, 2.24) is 4.72 Å². The molecule has 22 heavy (non-hydrogen) atoms. The molecule has 0 aromatic rings. The van der Waals surface area contributed by atoms with Crippen molar-refractivity contribution in [3.05, 3.63) is 0 Å². The van der Waals surface area contributed by atoms with Gasteiger partial charge in [-0.15, -0.1) is 0 Å². The summed E-state index contributed by atoms with van der Waals surface area (Å²) in [6.07, 6.45) is 6.46. The van der Waals surface area contributed by atoms with Crippen LogP contribution in [0.5, 0.6) is 0 Å².